The Morgan fingerprint density at radius 2 is 1.50 bits per heavy atom. The first-order valence-electron chi connectivity index (χ1n) is 11.5. The third-order valence-electron chi connectivity index (χ3n) is 6.97. The maximum absolute atomic E-state index is 12.0. The van der Waals surface area contributed by atoms with Gasteiger partial charge in [0, 0.05) is 5.56 Å². The predicted octanol–water partition coefficient (Wildman–Crippen LogP) is 6.68. The molecule has 0 atom stereocenters. The van der Waals surface area contributed by atoms with Crippen molar-refractivity contribution in [1.82, 2.24) is 0 Å². The lowest BCUT2D eigenvalue weighted by molar-refractivity contribution is 0.0687. The topological polar surface area (TPSA) is 83.8 Å². The van der Waals surface area contributed by atoms with Gasteiger partial charge in [-0.2, -0.15) is 0 Å². The highest BCUT2D eigenvalue weighted by Crippen LogP contribution is 2.46. The third kappa shape index (κ3) is 4.43. The minimum absolute atomic E-state index is 0.0633. The van der Waals surface area contributed by atoms with Gasteiger partial charge in [-0.05, 0) is 70.2 Å². The van der Waals surface area contributed by atoms with E-state index in [0.717, 1.165) is 18.4 Å². The van der Waals surface area contributed by atoms with Crippen molar-refractivity contribution in [3.63, 3.8) is 0 Å². The quantitative estimate of drug-likeness (QED) is 0.430. The fraction of sp³-hybridized carbons (Fsp3) is 0.310. The molecule has 2 N–H and O–H groups in total. The molecule has 0 fully saturated rings. The molecule has 34 heavy (non-hydrogen) atoms. The zero-order valence-corrected chi connectivity index (χ0v) is 20.0. The molecule has 3 aromatic carbocycles. The first kappa shape index (κ1) is 23.6. The molecule has 4 rings (SSSR count). The largest absolute Gasteiger partial charge is 0.488 e. The number of fused-ring (bicyclic) bond motifs is 1. The van der Waals surface area contributed by atoms with Crippen molar-refractivity contribution in [2.45, 2.75) is 58.0 Å². The van der Waals surface area contributed by atoms with Crippen LogP contribution in [0, 0.1) is 0 Å². The zero-order chi connectivity index (χ0) is 24.7. The smallest absolute Gasteiger partial charge is 0.336 e. The molecule has 0 aliphatic heterocycles. The van der Waals surface area contributed by atoms with Crippen molar-refractivity contribution in [1.29, 1.82) is 0 Å². The molecule has 0 saturated carbocycles. The van der Waals surface area contributed by atoms with E-state index in [0.29, 0.717) is 16.9 Å². The van der Waals surface area contributed by atoms with Crippen LogP contribution in [0.2, 0.25) is 0 Å². The monoisotopic (exact) mass is 458 g/mol. The van der Waals surface area contributed by atoms with Crippen LogP contribution < -0.4 is 4.74 Å². The summed E-state index contributed by atoms with van der Waals surface area (Å²) >= 11 is 0. The molecule has 0 aromatic heterocycles. The van der Waals surface area contributed by atoms with Gasteiger partial charge in [0.1, 0.15) is 12.4 Å². The standard InChI is InChI=1S/C29H30O5/c1-28(2)13-14-29(3,4)23-15-18(11-12-22(23)28)17-34-24-10-6-9-21(27(32)33)25(24)19-7-5-8-20(16-19)26(30)31/h5-12,15-16H,13-14,17H2,1-4H3,(H,30,31)(H,32,33). The fourth-order valence-corrected chi connectivity index (χ4v) is 4.82. The SMILES string of the molecule is CC1(C)CCC(C)(C)c2cc(COc3cccc(C(=O)O)c3-c3cccc(C(=O)O)c3)ccc21. The Morgan fingerprint density at radius 1 is 0.824 bits per heavy atom. The third-order valence-corrected chi connectivity index (χ3v) is 6.97. The van der Waals surface area contributed by atoms with Gasteiger partial charge in [-0.25, -0.2) is 9.59 Å². The summed E-state index contributed by atoms with van der Waals surface area (Å²) in [7, 11) is 0. The van der Waals surface area contributed by atoms with Crippen molar-refractivity contribution >= 4 is 11.9 Å². The van der Waals surface area contributed by atoms with Gasteiger partial charge in [-0.3, -0.25) is 0 Å². The lowest BCUT2D eigenvalue weighted by atomic mass is 9.63. The van der Waals surface area contributed by atoms with E-state index in [1.54, 1.807) is 24.3 Å². The predicted molar refractivity (Wildman–Crippen MR) is 132 cm³/mol. The lowest BCUT2D eigenvalue weighted by Crippen LogP contribution is -2.33. The summed E-state index contributed by atoms with van der Waals surface area (Å²) in [5.41, 5.74) is 4.92. The van der Waals surface area contributed by atoms with Crippen molar-refractivity contribution in [2.24, 2.45) is 0 Å². The van der Waals surface area contributed by atoms with Gasteiger partial charge in [0.05, 0.1) is 11.1 Å². The molecule has 0 amide bonds. The summed E-state index contributed by atoms with van der Waals surface area (Å²) in [6, 6.07) is 17.6. The molecule has 176 valence electrons. The van der Waals surface area contributed by atoms with Crippen molar-refractivity contribution in [2.75, 3.05) is 0 Å². The van der Waals surface area contributed by atoms with Gasteiger partial charge >= 0.3 is 11.9 Å². The van der Waals surface area contributed by atoms with E-state index in [1.807, 2.05) is 0 Å². The van der Waals surface area contributed by atoms with Gasteiger partial charge in [0.25, 0.3) is 0 Å². The average Bonchev–Trinajstić information content (AvgIpc) is 2.80. The minimum atomic E-state index is -1.10. The summed E-state index contributed by atoms with van der Waals surface area (Å²) in [5.74, 6) is -1.77. The number of carbonyl (C=O) groups is 2. The molecule has 0 spiro atoms. The molecular formula is C29H30O5. The minimum Gasteiger partial charge on any atom is -0.488 e. The van der Waals surface area contributed by atoms with Crippen LogP contribution in [0.1, 0.15) is 77.9 Å². The molecular weight excluding hydrogens is 428 g/mol. The summed E-state index contributed by atoms with van der Waals surface area (Å²) in [4.78, 5) is 23.4. The molecule has 0 unspecified atom stereocenters. The Labute approximate surface area is 200 Å². The normalized spacial score (nSPS) is 15.9. The van der Waals surface area contributed by atoms with Crippen LogP contribution in [0.5, 0.6) is 5.75 Å². The second kappa shape index (κ2) is 8.64. The van der Waals surface area contributed by atoms with Crippen molar-refractivity contribution < 1.29 is 24.5 Å². The average molecular weight is 459 g/mol. The number of ether oxygens (including phenoxy) is 1. The number of carboxylic acids is 2. The number of carboxylic acid groups (broad SMARTS) is 2. The first-order valence-corrected chi connectivity index (χ1v) is 11.5. The van der Waals surface area contributed by atoms with Gasteiger partial charge in [-0.1, -0.05) is 64.1 Å². The van der Waals surface area contributed by atoms with Gasteiger partial charge in [0.15, 0.2) is 0 Å². The Morgan fingerprint density at radius 3 is 2.18 bits per heavy atom. The summed E-state index contributed by atoms with van der Waals surface area (Å²) < 4.78 is 6.17. The van der Waals surface area contributed by atoms with Crippen LogP contribution in [0.3, 0.4) is 0 Å². The molecule has 5 heteroatoms. The second-order valence-electron chi connectivity index (χ2n) is 10.3. The highest BCUT2D eigenvalue weighted by Gasteiger charge is 2.36. The summed E-state index contributed by atoms with van der Waals surface area (Å²) in [6.45, 7) is 9.39. The second-order valence-corrected chi connectivity index (χ2v) is 10.3. The summed E-state index contributed by atoms with van der Waals surface area (Å²) in [5, 5.41) is 19.2. The van der Waals surface area contributed by atoms with Gasteiger partial charge in [-0.15, -0.1) is 0 Å². The van der Waals surface area contributed by atoms with E-state index >= 15 is 0 Å². The maximum atomic E-state index is 12.0. The summed E-state index contributed by atoms with van der Waals surface area (Å²) in [6.07, 6.45) is 2.26. The molecule has 0 heterocycles. The number of hydrogen-bond donors (Lipinski definition) is 2. The molecule has 3 aromatic rings. The van der Waals surface area contributed by atoms with Crippen LogP contribution in [-0.4, -0.2) is 22.2 Å². The maximum Gasteiger partial charge on any atom is 0.336 e. The Hall–Kier alpha value is -3.60. The molecule has 0 saturated heterocycles. The fourth-order valence-electron chi connectivity index (χ4n) is 4.82. The highest BCUT2D eigenvalue weighted by molar-refractivity contribution is 5.99. The van der Waals surface area contributed by atoms with Crippen molar-refractivity contribution in [3.8, 4) is 16.9 Å². The molecule has 5 nitrogen and oxygen atoms in total. The van der Waals surface area contributed by atoms with Crippen LogP contribution >= 0.6 is 0 Å². The zero-order valence-electron chi connectivity index (χ0n) is 20.0. The Bertz CT molecular complexity index is 1270. The molecule has 0 radical (unpaired) electrons. The Kier molecular flexibility index (Phi) is 5.98. The van der Waals surface area contributed by atoms with Gasteiger partial charge in [0.2, 0.25) is 0 Å². The van der Waals surface area contributed by atoms with E-state index in [9.17, 15) is 19.8 Å². The van der Waals surface area contributed by atoms with E-state index in [-0.39, 0.29) is 28.6 Å². The number of rotatable bonds is 6. The van der Waals surface area contributed by atoms with Crippen LogP contribution in [-0.2, 0) is 17.4 Å². The lowest BCUT2D eigenvalue weighted by Gasteiger charge is -2.42. The Balaban J connectivity index is 1.71. The number of benzene rings is 3. The van der Waals surface area contributed by atoms with E-state index in [1.165, 1.54) is 29.3 Å². The van der Waals surface area contributed by atoms with Crippen LogP contribution in [0.25, 0.3) is 11.1 Å². The number of hydrogen-bond acceptors (Lipinski definition) is 3. The van der Waals surface area contributed by atoms with Crippen molar-refractivity contribution in [3.05, 3.63) is 88.5 Å². The first-order chi connectivity index (χ1) is 16.0. The van der Waals surface area contributed by atoms with E-state index < -0.39 is 11.9 Å². The van der Waals surface area contributed by atoms with E-state index in [2.05, 4.69) is 45.9 Å². The molecule has 1 aliphatic rings. The van der Waals surface area contributed by atoms with Gasteiger partial charge < -0.3 is 14.9 Å². The molecule has 1 aliphatic carbocycles. The van der Waals surface area contributed by atoms with Crippen LogP contribution in [0.15, 0.2) is 60.7 Å². The van der Waals surface area contributed by atoms with Crippen LogP contribution in [0.4, 0.5) is 0 Å². The molecule has 0 bridgehead atoms. The highest BCUT2D eigenvalue weighted by atomic mass is 16.5. The number of aromatic carboxylic acids is 2. The van der Waals surface area contributed by atoms with E-state index in [4.69, 9.17) is 4.74 Å².